The minimum atomic E-state index is 0.208. The highest BCUT2D eigenvalue weighted by Crippen LogP contribution is 2.23. The van der Waals surface area contributed by atoms with E-state index in [0.717, 1.165) is 11.3 Å². The molecule has 2 aromatic rings. The molecule has 2 heteroatoms. The quantitative estimate of drug-likeness (QED) is 0.805. The zero-order valence-electron chi connectivity index (χ0n) is 11.4. The lowest BCUT2D eigenvalue weighted by atomic mass is 10.1. The van der Waals surface area contributed by atoms with Gasteiger partial charge >= 0.3 is 0 Å². The molecular weight excluding hydrogens is 222 g/mol. The molecule has 0 saturated carbocycles. The first kappa shape index (κ1) is 12.6. The SMILES string of the molecule is CC(=O)Cc1cc(C)n(-c2ccccc2C)c1C. The van der Waals surface area contributed by atoms with E-state index < -0.39 is 0 Å². The number of hydrogen-bond donors (Lipinski definition) is 0. The van der Waals surface area contributed by atoms with Crippen molar-refractivity contribution in [3.63, 3.8) is 0 Å². The summed E-state index contributed by atoms with van der Waals surface area (Å²) in [4.78, 5) is 11.3. The summed E-state index contributed by atoms with van der Waals surface area (Å²) in [6.45, 7) is 7.92. The van der Waals surface area contributed by atoms with Crippen molar-refractivity contribution in [2.24, 2.45) is 0 Å². The predicted molar refractivity (Wildman–Crippen MR) is 74.4 cm³/mol. The summed E-state index contributed by atoms with van der Waals surface area (Å²) in [7, 11) is 0. The maximum absolute atomic E-state index is 11.3. The zero-order valence-corrected chi connectivity index (χ0v) is 11.4. The van der Waals surface area contributed by atoms with E-state index in [2.05, 4.69) is 43.5 Å². The number of hydrogen-bond acceptors (Lipinski definition) is 1. The van der Waals surface area contributed by atoms with Crippen LogP contribution in [0.1, 0.15) is 29.4 Å². The van der Waals surface area contributed by atoms with Crippen LogP contribution in [0, 0.1) is 20.8 Å². The first-order chi connectivity index (χ1) is 8.50. The Labute approximate surface area is 108 Å². The van der Waals surface area contributed by atoms with Crippen LogP contribution in [-0.2, 0) is 11.2 Å². The molecule has 0 N–H and O–H groups in total. The lowest BCUT2D eigenvalue weighted by Crippen LogP contribution is -2.03. The molecule has 94 valence electrons. The number of aryl methyl sites for hydroxylation is 2. The molecule has 0 bridgehead atoms. The normalized spacial score (nSPS) is 10.7. The van der Waals surface area contributed by atoms with Crippen LogP contribution < -0.4 is 0 Å². The molecule has 2 rings (SSSR count). The smallest absolute Gasteiger partial charge is 0.134 e. The summed E-state index contributed by atoms with van der Waals surface area (Å²) in [5.74, 6) is 0.208. The largest absolute Gasteiger partial charge is 0.318 e. The maximum Gasteiger partial charge on any atom is 0.134 e. The standard InChI is InChI=1S/C16H19NO/c1-11-7-5-6-8-16(11)17-12(2)9-15(14(17)4)10-13(3)18/h5-9H,10H2,1-4H3. The third kappa shape index (κ3) is 2.23. The van der Waals surface area contributed by atoms with Crippen molar-refractivity contribution in [1.29, 1.82) is 0 Å². The Hall–Kier alpha value is -1.83. The lowest BCUT2D eigenvalue weighted by Gasteiger charge is -2.12. The van der Waals surface area contributed by atoms with E-state index in [1.54, 1.807) is 6.92 Å². The van der Waals surface area contributed by atoms with E-state index >= 15 is 0 Å². The number of rotatable bonds is 3. The Morgan fingerprint density at radius 2 is 1.83 bits per heavy atom. The molecule has 0 fully saturated rings. The average molecular weight is 241 g/mol. The van der Waals surface area contributed by atoms with E-state index in [9.17, 15) is 4.79 Å². The highest BCUT2D eigenvalue weighted by molar-refractivity contribution is 5.78. The average Bonchev–Trinajstić information content (AvgIpc) is 2.55. The Morgan fingerprint density at radius 3 is 2.44 bits per heavy atom. The van der Waals surface area contributed by atoms with Crippen LogP contribution in [-0.4, -0.2) is 10.4 Å². The fourth-order valence-corrected chi connectivity index (χ4v) is 2.46. The van der Waals surface area contributed by atoms with Crippen molar-refractivity contribution in [3.05, 3.63) is 52.8 Å². The number of para-hydroxylation sites is 1. The van der Waals surface area contributed by atoms with Crippen molar-refractivity contribution < 1.29 is 4.79 Å². The van der Waals surface area contributed by atoms with Gasteiger partial charge in [-0.25, -0.2) is 0 Å². The number of carbonyl (C=O) groups is 1. The number of aromatic nitrogens is 1. The molecule has 0 unspecified atom stereocenters. The van der Waals surface area contributed by atoms with Gasteiger partial charge in [-0.05, 0) is 51.0 Å². The monoisotopic (exact) mass is 241 g/mol. The highest BCUT2D eigenvalue weighted by Gasteiger charge is 2.12. The number of carbonyl (C=O) groups excluding carboxylic acids is 1. The first-order valence-corrected chi connectivity index (χ1v) is 6.24. The number of nitrogens with zero attached hydrogens (tertiary/aromatic N) is 1. The molecule has 1 aromatic heterocycles. The third-order valence-electron chi connectivity index (χ3n) is 3.33. The summed E-state index contributed by atoms with van der Waals surface area (Å²) in [6.07, 6.45) is 0.519. The fourth-order valence-electron chi connectivity index (χ4n) is 2.46. The van der Waals surface area contributed by atoms with Gasteiger partial charge in [0.05, 0.1) is 0 Å². The van der Waals surface area contributed by atoms with Crippen LogP contribution in [0.4, 0.5) is 0 Å². The Bertz CT molecular complexity index is 593. The summed E-state index contributed by atoms with van der Waals surface area (Å²) >= 11 is 0. The third-order valence-corrected chi connectivity index (χ3v) is 3.33. The number of benzene rings is 1. The molecule has 1 aromatic carbocycles. The number of Topliss-reactive ketones (excluding diaryl/α,β-unsaturated/α-hetero) is 1. The molecule has 1 heterocycles. The van der Waals surface area contributed by atoms with E-state index in [1.807, 2.05) is 12.1 Å². The Morgan fingerprint density at radius 1 is 1.17 bits per heavy atom. The predicted octanol–water partition coefficient (Wildman–Crippen LogP) is 3.53. The fraction of sp³-hybridized carbons (Fsp3) is 0.312. The summed E-state index contributed by atoms with van der Waals surface area (Å²) in [5.41, 5.74) is 5.91. The molecule has 0 aliphatic carbocycles. The lowest BCUT2D eigenvalue weighted by molar-refractivity contribution is -0.116. The minimum absolute atomic E-state index is 0.208. The highest BCUT2D eigenvalue weighted by atomic mass is 16.1. The van der Waals surface area contributed by atoms with Gasteiger partial charge in [0, 0.05) is 23.5 Å². The molecule has 0 radical (unpaired) electrons. The van der Waals surface area contributed by atoms with Crippen LogP contribution >= 0.6 is 0 Å². The summed E-state index contributed by atoms with van der Waals surface area (Å²) < 4.78 is 2.23. The topological polar surface area (TPSA) is 22.0 Å². The molecule has 0 spiro atoms. The van der Waals surface area contributed by atoms with Gasteiger partial charge < -0.3 is 4.57 Å². The van der Waals surface area contributed by atoms with Crippen LogP contribution in [0.2, 0.25) is 0 Å². The van der Waals surface area contributed by atoms with Crippen LogP contribution in [0.3, 0.4) is 0 Å². The second-order valence-electron chi connectivity index (χ2n) is 4.90. The zero-order chi connectivity index (χ0) is 13.3. The van der Waals surface area contributed by atoms with Crippen molar-refractivity contribution >= 4 is 5.78 Å². The molecule has 0 saturated heterocycles. The van der Waals surface area contributed by atoms with Crippen LogP contribution in [0.25, 0.3) is 5.69 Å². The van der Waals surface area contributed by atoms with Gasteiger partial charge in [0.25, 0.3) is 0 Å². The summed E-state index contributed by atoms with van der Waals surface area (Å²) in [5, 5.41) is 0. The van der Waals surface area contributed by atoms with E-state index in [0.29, 0.717) is 6.42 Å². The molecule has 0 aliphatic rings. The first-order valence-electron chi connectivity index (χ1n) is 6.24. The van der Waals surface area contributed by atoms with Gasteiger partial charge in [-0.3, -0.25) is 4.79 Å². The molecular formula is C16H19NO. The van der Waals surface area contributed by atoms with Crippen LogP contribution in [0.5, 0.6) is 0 Å². The molecule has 0 aliphatic heterocycles. The van der Waals surface area contributed by atoms with Crippen molar-refractivity contribution in [3.8, 4) is 5.69 Å². The molecule has 2 nitrogen and oxygen atoms in total. The van der Waals surface area contributed by atoms with E-state index in [-0.39, 0.29) is 5.78 Å². The van der Waals surface area contributed by atoms with Crippen molar-refractivity contribution in [2.75, 3.05) is 0 Å². The van der Waals surface area contributed by atoms with Gasteiger partial charge in [0.15, 0.2) is 0 Å². The van der Waals surface area contributed by atoms with Crippen LogP contribution in [0.15, 0.2) is 30.3 Å². The van der Waals surface area contributed by atoms with Gasteiger partial charge in [0.1, 0.15) is 5.78 Å². The van der Waals surface area contributed by atoms with Crippen molar-refractivity contribution in [1.82, 2.24) is 4.57 Å². The van der Waals surface area contributed by atoms with E-state index in [1.165, 1.54) is 16.9 Å². The van der Waals surface area contributed by atoms with Gasteiger partial charge in [-0.15, -0.1) is 0 Å². The number of ketones is 1. The van der Waals surface area contributed by atoms with Gasteiger partial charge in [-0.2, -0.15) is 0 Å². The van der Waals surface area contributed by atoms with Gasteiger partial charge in [-0.1, -0.05) is 18.2 Å². The molecule has 0 atom stereocenters. The Kier molecular flexibility index (Phi) is 3.37. The Balaban J connectivity index is 2.56. The van der Waals surface area contributed by atoms with Crippen molar-refractivity contribution in [2.45, 2.75) is 34.1 Å². The maximum atomic E-state index is 11.3. The molecule has 18 heavy (non-hydrogen) atoms. The van der Waals surface area contributed by atoms with Gasteiger partial charge in [0.2, 0.25) is 0 Å². The summed E-state index contributed by atoms with van der Waals surface area (Å²) in [6, 6.07) is 10.4. The minimum Gasteiger partial charge on any atom is -0.318 e. The second-order valence-corrected chi connectivity index (χ2v) is 4.90. The molecule has 0 amide bonds. The second kappa shape index (κ2) is 4.81. The van der Waals surface area contributed by atoms with E-state index in [4.69, 9.17) is 0 Å².